The molecule has 10 atom stereocenters. The second kappa shape index (κ2) is 33.0. The molecule has 81 heavy (non-hydrogen) atoms. The first-order valence-electron chi connectivity index (χ1n) is 28.5. The standard InChI is InChI=1S/C60H93N11O9S/c1-14-39(8)52(47(79-12)35-48(72)71-31-19-23-46(71)53(80-13)40(9)54(73)67-45(58-63-30-33-81-58)34-42-20-16-15-17-21-42)70(11)59(77)50(37(4)5)68-57(76)51(38(6)7)69(10)32-28-41-24-26-43(27-25-41)65-55(74)44(22-18-29-64-60(62)78)66-56(75)49(61)36(2)3/h15-17,20-21,24-27,30,33,36-38,40,44-47,49-53H,8,14,18-19,22-23,28-29,31-32,34-35,61H2,1-7,9-13H3,(H,65,74)(H,66,75)(H,67,73)(H,68,76)(H3,62,64,78)/t40-,44+,45+,46+,47-,49+,50+,51+,52+,53-/m1/s1. The quantitative estimate of drug-likeness (QED) is 0.0291. The van der Waals surface area contributed by atoms with Gasteiger partial charge < -0.3 is 57.3 Å². The van der Waals surface area contributed by atoms with Crippen LogP contribution in [0, 0.1) is 23.7 Å². The van der Waals surface area contributed by atoms with Gasteiger partial charge in [0.2, 0.25) is 35.4 Å². The number of urea groups is 1. The molecule has 448 valence electrons. The Balaban J connectivity index is 1.42. The van der Waals surface area contributed by atoms with Crippen LogP contribution in [-0.2, 0) is 51.1 Å². The molecule has 20 nitrogen and oxygen atoms in total. The number of hydrogen-bond donors (Lipinski definition) is 7. The van der Waals surface area contributed by atoms with Gasteiger partial charge in [-0.15, -0.1) is 11.3 Å². The van der Waals surface area contributed by atoms with Crippen LogP contribution >= 0.6 is 11.3 Å². The molecule has 0 radical (unpaired) electrons. The van der Waals surface area contributed by atoms with E-state index in [1.54, 1.807) is 42.3 Å². The van der Waals surface area contributed by atoms with Gasteiger partial charge in [-0.3, -0.25) is 33.7 Å². The molecule has 0 bridgehead atoms. The normalized spacial score (nSPS) is 16.9. The molecule has 0 unspecified atom stereocenters. The number of hydrogen-bond acceptors (Lipinski definition) is 13. The van der Waals surface area contributed by atoms with E-state index in [9.17, 15) is 33.6 Å². The number of anilines is 1. The number of nitrogens with zero attached hydrogens (tertiary/aromatic N) is 4. The number of ether oxygens (including phenoxy) is 2. The number of carbonyl (C=O) groups excluding carboxylic acids is 7. The van der Waals surface area contributed by atoms with Crippen LogP contribution in [0.1, 0.15) is 116 Å². The second-order valence-electron chi connectivity index (χ2n) is 22.4. The van der Waals surface area contributed by atoms with E-state index in [1.165, 1.54) is 18.4 Å². The van der Waals surface area contributed by atoms with Crippen LogP contribution in [0.2, 0.25) is 0 Å². The molecule has 8 amide bonds. The number of likely N-dealkylation sites (tertiary alicyclic amines) is 1. The van der Waals surface area contributed by atoms with Gasteiger partial charge in [0.1, 0.15) is 17.1 Å². The zero-order valence-electron chi connectivity index (χ0n) is 49.9. The Kier molecular flexibility index (Phi) is 27.4. The van der Waals surface area contributed by atoms with Gasteiger partial charge in [0, 0.05) is 58.2 Å². The smallest absolute Gasteiger partial charge is 0.312 e. The zero-order valence-corrected chi connectivity index (χ0v) is 50.7. The summed E-state index contributed by atoms with van der Waals surface area (Å²) in [5.74, 6) is -3.14. The Hall–Kier alpha value is -6.26. The molecule has 4 rings (SSSR count). The number of methoxy groups -OCH3 is 2. The van der Waals surface area contributed by atoms with Crippen molar-refractivity contribution in [2.24, 2.45) is 35.1 Å². The van der Waals surface area contributed by atoms with Crippen LogP contribution < -0.4 is 38.1 Å². The lowest BCUT2D eigenvalue weighted by atomic mass is 9.92. The number of aromatic nitrogens is 1. The number of primary amides is 1. The van der Waals surface area contributed by atoms with Gasteiger partial charge >= 0.3 is 6.03 Å². The first-order chi connectivity index (χ1) is 38.4. The SMILES string of the molecule is C=C(CC)[C@@H]([C@@H](CC(=O)N1CCC[C@H]1[C@H](OC)[C@@H](C)C(=O)N[C@@H](Cc1ccccc1)c1nccs1)OC)N(C)C(=O)[C@@H](NC(=O)[C@H](C(C)C)N(C)CCc1ccc(NC(=O)[C@H](CCCNC(N)=O)NC(=O)[C@@H](N)C(C)C)cc1)C(C)C. The van der Waals surface area contributed by atoms with Crippen LogP contribution in [0.4, 0.5) is 10.5 Å². The lowest BCUT2D eigenvalue weighted by molar-refractivity contribution is -0.145. The zero-order chi connectivity index (χ0) is 60.1. The fourth-order valence-electron chi connectivity index (χ4n) is 10.6. The molecule has 2 heterocycles. The largest absolute Gasteiger partial charge is 0.378 e. The van der Waals surface area contributed by atoms with Gasteiger partial charge in [-0.2, -0.15) is 0 Å². The minimum atomic E-state index is -0.923. The molecule has 0 spiro atoms. The monoisotopic (exact) mass is 1140 g/mol. The fraction of sp³-hybridized carbons (Fsp3) is 0.600. The van der Waals surface area contributed by atoms with E-state index >= 15 is 0 Å². The Morgan fingerprint density at radius 1 is 0.827 bits per heavy atom. The molecule has 0 saturated carbocycles. The summed E-state index contributed by atoms with van der Waals surface area (Å²) in [7, 11) is 6.63. The van der Waals surface area contributed by atoms with Crippen molar-refractivity contribution in [1.29, 1.82) is 0 Å². The van der Waals surface area contributed by atoms with E-state index in [1.807, 2.05) is 115 Å². The number of rotatable bonds is 33. The molecular weight excluding hydrogens is 1050 g/mol. The Labute approximate surface area is 484 Å². The molecular formula is C60H93N11O9S. The summed E-state index contributed by atoms with van der Waals surface area (Å²) in [6, 6.07) is 11.9. The summed E-state index contributed by atoms with van der Waals surface area (Å²) in [4.78, 5) is 105. The highest BCUT2D eigenvalue weighted by Crippen LogP contribution is 2.31. The molecule has 1 aromatic heterocycles. The maximum Gasteiger partial charge on any atom is 0.312 e. The van der Waals surface area contributed by atoms with Crippen molar-refractivity contribution in [2.75, 3.05) is 53.3 Å². The Morgan fingerprint density at radius 2 is 1.51 bits per heavy atom. The summed E-state index contributed by atoms with van der Waals surface area (Å²) < 4.78 is 12.2. The van der Waals surface area contributed by atoms with Gasteiger partial charge in [-0.1, -0.05) is 110 Å². The lowest BCUT2D eigenvalue weighted by Gasteiger charge is -2.39. The van der Waals surface area contributed by atoms with E-state index in [-0.39, 0.29) is 72.9 Å². The topological polar surface area (TPSA) is 273 Å². The predicted molar refractivity (Wildman–Crippen MR) is 318 cm³/mol. The summed E-state index contributed by atoms with van der Waals surface area (Å²) in [5.41, 5.74) is 14.5. The van der Waals surface area contributed by atoms with E-state index < -0.39 is 66.2 Å². The van der Waals surface area contributed by atoms with E-state index in [0.29, 0.717) is 56.5 Å². The lowest BCUT2D eigenvalue weighted by Crippen LogP contribution is -2.59. The number of likely N-dealkylation sites (N-methyl/N-ethyl adjacent to an activating group) is 2. The third-order valence-electron chi connectivity index (χ3n) is 15.4. The van der Waals surface area contributed by atoms with E-state index in [2.05, 4.69) is 38.1 Å². The minimum Gasteiger partial charge on any atom is -0.378 e. The first kappa shape index (κ1) is 67.2. The average Bonchev–Trinajstić information content (AvgIpc) is 4.23. The molecule has 9 N–H and O–H groups in total. The van der Waals surface area contributed by atoms with Crippen molar-refractivity contribution in [2.45, 2.75) is 161 Å². The Bertz CT molecular complexity index is 2500. The maximum atomic E-state index is 14.8. The van der Waals surface area contributed by atoms with Crippen LogP contribution in [-0.4, -0.2) is 158 Å². The van der Waals surface area contributed by atoms with Crippen molar-refractivity contribution in [1.82, 2.24) is 41.0 Å². The third-order valence-corrected chi connectivity index (χ3v) is 16.3. The molecule has 2 aromatic carbocycles. The van der Waals surface area contributed by atoms with E-state index in [0.717, 1.165) is 22.6 Å². The highest BCUT2D eigenvalue weighted by atomic mass is 32.1. The maximum absolute atomic E-state index is 14.8. The summed E-state index contributed by atoms with van der Waals surface area (Å²) in [5, 5.41) is 17.1. The molecule has 3 aromatic rings. The molecule has 1 fully saturated rings. The fourth-order valence-corrected chi connectivity index (χ4v) is 11.3. The van der Waals surface area contributed by atoms with Gasteiger partial charge in [-0.05, 0) is 93.0 Å². The van der Waals surface area contributed by atoms with Crippen LogP contribution in [0.25, 0.3) is 0 Å². The Morgan fingerprint density at radius 3 is 2.07 bits per heavy atom. The van der Waals surface area contributed by atoms with Gasteiger partial charge in [0.05, 0.1) is 54.8 Å². The highest BCUT2D eigenvalue weighted by molar-refractivity contribution is 7.09. The number of benzene rings is 2. The average molecular weight is 1140 g/mol. The van der Waals surface area contributed by atoms with Crippen LogP contribution in [0.3, 0.4) is 0 Å². The molecule has 1 aliphatic heterocycles. The van der Waals surface area contributed by atoms with Gasteiger partial charge in [0.15, 0.2) is 0 Å². The van der Waals surface area contributed by atoms with Crippen molar-refractivity contribution in [3.05, 3.63) is 94.5 Å². The number of thiazole rings is 1. The van der Waals surface area contributed by atoms with Crippen LogP contribution in [0.5, 0.6) is 0 Å². The summed E-state index contributed by atoms with van der Waals surface area (Å²) in [6.07, 6.45) is 3.87. The van der Waals surface area contributed by atoms with Gasteiger partial charge in [-0.25, -0.2) is 9.78 Å². The predicted octanol–water partition coefficient (Wildman–Crippen LogP) is 5.58. The number of nitrogens with two attached hydrogens (primary N) is 2. The highest BCUT2D eigenvalue weighted by Gasteiger charge is 2.43. The summed E-state index contributed by atoms with van der Waals surface area (Å²) >= 11 is 1.48. The third kappa shape index (κ3) is 19.7. The minimum absolute atomic E-state index is 0.0715. The number of amides is 8. The van der Waals surface area contributed by atoms with Crippen molar-refractivity contribution >= 4 is 58.5 Å². The molecule has 21 heteroatoms. The van der Waals surface area contributed by atoms with Gasteiger partial charge in [0.25, 0.3) is 0 Å². The van der Waals surface area contributed by atoms with E-state index in [4.69, 9.17) is 20.9 Å². The van der Waals surface area contributed by atoms with Crippen LogP contribution in [0.15, 0.2) is 78.3 Å². The molecule has 1 aliphatic rings. The van der Waals surface area contributed by atoms with Crippen molar-refractivity contribution in [3.63, 3.8) is 0 Å². The summed E-state index contributed by atoms with van der Waals surface area (Å²) in [6.45, 7) is 20.6. The first-order valence-corrected chi connectivity index (χ1v) is 29.3. The molecule has 0 aliphatic carbocycles. The number of nitrogens with one attached hydrogen (secondary N) is 5. The number of carbonyl (C=O) groups is 7. The second-order valence-corrected chi connectivity index (χ2v) is 23.3. The molecule has 1 saturated heterocycles. The van der Waals surface area contributed by atoms with Crippen molar-refractivity contribution < 1.29 is 43.0 Å². The van der Waals surface area contributed by atoms with Crippen molar-refractivity contribution in [3.8, 4) is 0 Å².